The van der Waals surface area contributed by atoms with Gasteiger partial charge in [-0.25, -0.2) is 17.5 Å². The monoisotopic (exact) mass is 386 g/mol. The van der Waals surface area contributed by atoms with Crippen LogP contribution < -0.4 is 10.0 Å². The number of nitrogens with one attached hydrogen (secondary N) is 2. The number of anilines is 1. The molecule has 2 aromatic rings. The topological polar surface area (TPSA) is 75.3 Å². The van der Waals surface area contributed by atoms with E-state index in [9.17, 15) is 17.6 Å². The summed E-state index contributed by atoms with van der Waals surface area (Å²) in [5.74, 6) is -1.05. The molecule has 0 spiro atoms. The highest BCUT2D eigenvalue weighted by atomic mass is 79.9. The first kappa shape index (κ1) is 16.6. The molecule has 2 N–H and O–H groups in total. The Morgan fingerprint density at radius 3 is 2.36 bits per heavy atom. The Morgan fingerprint density at radius 2 is 1.73 bits per heavy atom. The molecule has 0 aromatic heterocycles. The Morgan fingerprint density at radius 1 is 1.09 bits per heavy atom. The van der Waals surface area contributed by atoms with Crippen LogP contribution >= 0.6 is 15.9 Å². The van der Waals surface area contributed by atoms with Gasteiger partial charge in [-0.1, -0.05) is 12.1 Å². The van der Waals surface area contributed by atoms with Crippen LogP contribution in [-0.2, 0) is 14.8 Å². The lowest BCUT2D eigenvalue weighted by molar-refractivity contribution is -0.115. The van der Waals surface area contributed by atoms with Gasteiger partial charge in [0.2, 0.25) is 15.9 Å². The Hall–Kier alpha value is -1.77. The van der Waals surface area contributed by atoms with E-state index in [1.165, 1.54) is 0 Å². The van der Waals surface area contributed by atoms with E-state index in [1.54, 1.807) is 24.3 Å². The molecule has 0 unspecified atom stereocenters. The molecule has 0 bridgehead atoms. The fourth-order valence-corrected chi connectivity index (χ4v) is 2.98. The predicted molar refractivity (Wildman–Crippen MR) is 84.4 cm³/mol. The third-order valence-corrected chi connectivity index (χ3v) is 4.80. The standard InChI is InChI=1S/C14H12BrFN2O3S/c15-12-3-1-2-4-13(12)18-14(19)9-17-22(20,21)11-7-5-10(16)6-8-11/h1-8,17H,9H2,(H,18,19). The first-order chi connectivity index (χ1) is 10.4. The number of rotatable bonds is 5. The second kappa shape index (κ2) is 6.99. The molecule has 0 saturated carbocycles. The second-order valence-corrected chi connectivity index (χ2v) is 6.93. The van der Waals surface area contributed by atoms with Crippen LogP contribution in [-0.4, -0.2) is 20.9 Å². The fraction of sp³-hybridized carbons (Fsp3) is 0.0714. The summed E-state index contributed by atoms with van der Waals surface area (Å²) >= 11 is 3.27. The second-order valence-electron chi connectivity index (χ2n) is 4.31. The third kappa shape index (κ3) is 4.36. The van der Waals surface area contributed by atoms with E-state index in [1.807, 2.05) is 0 Å². The first-order valence-electron chi connectivity index (χ1n) is 6.18. The van der Waals surface area contributed by atoms with Crippen molar-refractivity contribution in [1.82, 2.24) is 4.72 Å². The Balaban J connectivity index is 1.98. The van der Waals surface area contributed by atoms with Crippen molar-refractivity contribution in [3.8, 4) is 0 Å². The molecule has 0 aliphatic rings. The molecule has 0 aliphatic carbocycles. The molecule has 1 amide bonds. The maximum atomic E-state index is 12.8. The van der Waals surface area contributed by atoms with E-state index in [2.05, 4.69) is 26.0 Å². The van der Waals surface area contributed by atoms with Crippen LogP contribution in [0.1, 0.15) is 0 Å². The lowest BCUT2D eigenvalue weighted by Crippen LogP contribution is -2.33. The zero-order valence-electron chi connectivity index (χ0n) is 11.2. The summed E-state index contributed by atoms with van der Waals surface area (Å²) in [7, 11) is -3.86. The summed E-state index contributed by atoms with van der Waals surface area (Å²) < 4.78 is 39.5. The van der Waals surface area contributed by atoms with Gasteiger partial charge in [-0.2, -0.15) is 0 Å². The van der Waals surface area contributed by atoms with Gasteiger partial charge in [0.05, 0.1) is 17.1 Å². The minimum atomic E-state index is -3.86. The number of sulfonamides is 1. The molecule has 22 heavy (non-hydrogen) atoms. The molecule has 2 aromatic carbocycles. The number of hydrogen-bond donors (Lipinski definition) is 2. The van der Waals surface area contributed by atoms with Crippen LogP contribution in [0.15, 0.2) is 57.9 Å². The van der Waals surface area contributed by atoms with E-state index in [4.69, 9.17) is 0 Å². The molecule has 0 atom stereocenters. The minimum absolute atomic E-state index is 0.109. The Bertz CT molecular complexity index is 779. The van der Waals surface area contributed by atoms with Crippen molar-refractivity contribution in [2.45, 2.75) is 4.90 Å². The van der Waals surface area contributed by atoms with Gasteiger partial charge in [0.15, 0.2) is 0 Å². The summed E-state index contributed by atoms with van der Waals surface area (Å²) in [4.78, 5) is 11.7. The molecule has 5 nitrogen and oxygen atoms in total. The van der Waals surface area contributed by atoms with Gasteiger partial charge in [-0.15, -0.1) is 0 Å². The van der Waals surface area contributed by atoms with Gasteiger partial charge >= 0.3 is 0 Å². The van der Waals surface area contributed by atoms with Gasteiger partial charge in [0.25, 0.3) is 0 Å². The van der Waals surface area contributed by atoms with Crippen LogP contribution in [0, 0.1) is 5.82 Å². The number of halogens is 2. The number of benzene rings is 2. The summed E-state index contributed by atoms with van der Waals surface area (Å²) in [6.45, 7) is -0.430. The molecular weight excluding hydrogens is 375 g/mol. The number of carbonyl (C=O) groups excluding carboxylic acids is 1. The van der Waals surface area contributed by atoms with E-state index in [-0.39, 0.29) is 4.90 Å². The third-order valence-electron chi connectivity index (χ3n) is 2.69. The van der Waals surface area contributed by atoms with Crippen molar-refractivity contribution in [3.05, 3.63) is 58.8 Å². The molecule has 116 valence electrons. The van der Waals surface area contributed by atoms with Crippen molar-refractivity contribution in [3.63, 3.8) is 0 Å². The maximum absolute atomic E-state index is 12.8. The van der Waals surface area contributed by atoms with Crippen molar-refractivity contribution < 1.29 is 17.6 Å². The highest BCUT2D eigenvalue weighted by molar-refractivity contribution is 9.10. The highest BCUT2D eigenvalue weighted by Gasteiger charge is 2.15. The fourth-order valence-electron chi connectivity index (χ4n) is 1.61. The molecule has 0 heterocycles. The lowest BCUT2D eigenvalue weighted by atomic mass is 10.3. The minimum Gasteiger partial charge on any atom is -0.324 e. The zero-order valence-corrected chi connectivity index (χ0v) is 13.6. The van der Waals surface area contributed by atoms with Crippen LogP contribution in [0.2, 0.25) is 0 Å². The van der Waals surface area contributed by atoms with Crippen molar-refractivity contribution in [2.24, 2.45) is 0 Å². The zero-order chi connectivity index (χ0) is 16.2. The molecular formula is C14H12BrFN2O3S. The largest absolute Gasteiger partial charge is 0.324 e. The number of hydrogen-bond acceptors (Lipinski definition) is 3. The van der Waals surface area contributed by atoms with E-state index in [0.29, 0.717) is 10.2 Å². The Kier molecular flexibility index (Phi) is 5.28. The molecule has 0 aliphatic heterocycles. The van der Waals surface area contributed by atoms with Gasteiger partial charge in [0, 0.05) is 4.47 Å². The summed E-state index contributed by atoms with van der Waals surface area (Å²) in [6.07, 6.45) is 0. The average molecular weight is 387 g/mol. The van der Waals surface area contributed by atoms with E-state index >= 15 is 0 Å². The number of para-hydroxylation sites is 1. The highest BCUT2D eigenvalue weighted by Crippen LogP contribution is 2.20. The average Bonchev–Trinajstić information content (AvgIpc) is 2.48. The normalized spacial score (nSPS) is 11.2. The maximum Gasteiger partial charge on any atom is 0.241 e. The number of carbonyl (C=O) groups is 1. The summed E-state index contributed by atoms with van der Waals surface area (Å²) in [5, 5.41) is 2.57. The molecule has 0 radical (unpaired) electrons. The van der Waals surface area contributed by atoms with Gasteiger partial charge < -0.3 is 5.32 Å². The van der Waals surface area contributed by atoms with Gasteiger partial charge in [-0.3, -0.25) is 4.79 Å². The van der Waals surface area contributed by atoms with Gasteiger partial charge in [0.1, 0.15) is 5.82 Å². The SMILES string of the molecule is O=C(CNS(=O)(=O)c1ccc(F)cc1)Nc1ccccc1Br. The van der Waals surface area contributed by atoms with Crippen LogP contribution in [0.25, 0.3) is 0 Å². The smallest absolute Gasteiger partial charge is 0.241 e. The molecule has 0 fully saturated rings. The predicted octanol–water partition coefficient (Wildman–Crippen LogP) is 2.51. The Labute approximate surface area is 135 Å². The van der Waals surface area contributed by atoms with Crippen LogP contribution in [0.3, 0.4) is 0 Å². The van der Waals surface area contributed by atoms with E-state index in [0.717, 1.165) is 24.3 Å². The van der Waals surface area contributed by atoms with Gasteiger partial charge in [-0.05, 0) is 52.3 Å². The quantitative estimate of drug-likeness (QED) is 0.828. The van der Waals surface area contributed by atoms with Crippen molar-refractivity contribution in [2.75, 3.05) is 11.9 Å². The summed E-state index contributed by atoms with van der Waals surface area (Å²) in [6, 6.07) is 11.3. The molecule has 0 saturated heterocycles. The van der Waals surface area contributed by atoms with Crippen molar-refractivity contribution in [1.29, 1.82) is 0 Å². The first-order valence-corrected chi connectivity index (χ1v) is 8.46. The van der Waals surface area contributed by atoms with E-state index < -0.39 is 28.3 Å². The number of amides is 1. The molecule has 8 heteroatoms. The lowest BCUT2D eigenvalue weighted by Gasteiger charge is -2.09. The van der Waals surface area contributed by atoms with Crippen molar-refractivity contribution >= 4 is 37.5 Å². The van der Waals surface area contributed by atoms with Crippen LogP contribution in [0.5, 0.6) is 0 Å². The van der Waals surface area contributed by atoms with Crippen LogP contribution in [0.4, 0.5) is 10.1 Å². The summed E-state index contributed by atoms with van der Waals surface area (Å²) in [5.41, 5.74) is 0.536. The molecule has 2 rings (SSSR count).